The van der Waals surface area contributed by atoms with Gasteiger partial charge < -0.3 is 14.5 Å². The van der Waals surface area contributed by atoms with Crippen molar-refractivity contribution in [2.45, 2.75) is 19.5 Å². The van der Waals surface area contributed by atoms with Gasteiger partial charge in [-0.15, -0.1) is 11.3 Å². The second-order valence-corrected chi connectivity index (χ2v) is 7.67. The number of nitrogens with one attached hydrogen (secondary N) is 1. The van der Waals surface area contributed by atoms with Crippen molar-refractivity contribution in [2.24, 2.45) is 0 Å². The van der Waals surface area contributed by atoms with Gasteiger partial charge in [-0.1, -0.05) is 35.9 Å². The van der Waals surface area contributed by atoms with E-state index in [1.807, 2.05) is 12.1 Å². The molecule has 1 N–H and O–H groups in total. The maximum absolute atomic E-state index is 12.1. The summed E-state index contributed by atoms with van der Waals surface area (Å²) in [5, 5.41) is 6.61. The average Bonchev–Trinajstić information content (AvgIpc) is 3.23. The number of benzene rings is 2. The molecule has 0 aliphatic heterocycles. The first kappa shape index (κ1) is 18.5. The minimum atomic E-state index is -0.361. The van der Waals surface area contributed by atoms with Crippen LogP contribution in [0.3, 0.4) is 0 Å². The third kappa shape index (κ3) is 3.86. The highest BCUT2D eigenvalue weighted by Crippen LogP contribution is 2.28. The van der Waals surface area contributed by atoms with E-state index in [4.69, 9.17) is 9.15 Å². The molecule has 0 bridgehead atoms. The number of rotatable bonds is 6. The molecule has 5 heteroatoms. The van der Waals surface area contributed by atoms with Crippen LogP contribution < -0.4 is 15.7 Å². The molecular formula is C23H21NO3S. The van der Waals surface area contributed by atoms with Gasteiger partial charge in [0.25, 0.3) is 0 Å². The zero-order chi connectivity index (χ0) is 19.5. The third-order valence-electron chi connectivity index (χ3n) is 4.77. The summed E-state index contributed by atoms with van der Waals surface area (Å²) in [6.07, 6.45) is 0. The van der Waals surface area contributed by atoms with Crippen molar-refractivity contribution < 1.29 is 9.15 Å². The highest BCUT2D eigenvalue weighted by molar-refractivity contribution is 7.10. The molecule has 4 aromatic rings. The maximum Gasteiger partial charge on any atom is 0.336 e. The Balaban J connectivity index is 1.67. The maximum atomic E-state index is 12.1. The molecule has 0 amide bonds. The molecule has 0 saturated heterocycles. The highest BCUT2D eigenvalue weighted by atomic mass is 32.1. The Bertz CT molecular complexity index is 1130. The van der Waals surface area contributed by atoms with E-state index in [1.54, 1.807) is 30.6 Å². The van der Waals surface area contributed by atoms with E-state index < -0.39 is 0 Å². The molecule has 142 valence electrons. The van der Waals surface area contributed by atoms with E-state index in [1.165, 1.54) is 16.0 Å². The Morgan fingerprint density at radius 1 is 1.11 bits per heavy atom. The summed E-state index contributed by atoms with van der Waals surface area (Å²) in [6.45, 7) is 2.63. The van der Waals surface area contributed by atoms with Crippen molar-refractivity contribution in [3.05, 3.63) is 98.0 Å². The van der Waals surface area contributed by atoms with E-state index in [-0.39, 0.29) is 11.7 Å². The molecule has 0 aliphatic carbocycles. The first-order valence-corrected chi connectivity index (χ1v) is 9.96. The van der Waals surface area contributed by atoms with Gasteiger partial charge in [-0.2, -0.15) is 0 Å². The molecule has 0 spiro atoms. The Morgan fingerprint density at radius 3 is 2.64 bits per heavy atom. The quantitative estimate of drug-likeness (QED) is 0.467. The van der Waals surface area contributed by atoms with Crippen molar-refractivity contribution in [3.8, 4) is 5.75 Å². The predicted octanol–water partition coefficient (Wildman–Crippen LogP) is 5.05. The Labute approximate surface area is 167 Å². The van der Waals surface area contributed by atoms with Gasteiger partial charge in [-0.05, 0) is 41.6 Å². The average molecular weight is 391 g/mol. The topological polar surface area (TPSA) is 51.5 Å². The summed E-state index contributed by atoms with van der Waals surface area (Å²) in [5.41, 5.74) is 3.51. The number of hydrogen-bond acceptors (Lipinski definition) is 5. The lowest BCUT2D eigenvalue weighted by atomic mass is 10.0. The van der Waals surface area contributed by atoms with Crippen LogP contribution in [0.15, 0.2) is 75.3 Å². The van der Waals surface area contributed by atoms with Crippen LogP contribution in [0.4, 0.5) is 0 Å². The molecule has 4 rings (SSSR count). The smallest absolute Gasteiger partial charge is 0.336 e. The van der Waals surface area contributed by atoms with E-state index >= 15 is 0 Å². The van der Waals surface area contributed by atoms with Crippen molar-refractivity contribution in [2.75, 3.05) is 7.11 Å². The van der Waals surface area contributed by atoms with Gasteiger partial charge in [0, 0.05) is 28.9 Å². The van der Waals surface area contributed by atoms with Crippen LogP contribution in [-0.2, 0) is 6.54 Å². The first-order valence-electron chi connectivity index (χ1n) is 9.08. The van der Waals surface area contributed by atoms with Crippen LogP contribution in [0.25, 0.3) is 11.0 Å². The van der Waals surface area contributed by atoms with E-state index in [9.17, 15) is 4.79 Å². The summed E-state index contributed by atoms with van der Waals surface area (Å²) in [5.74, 6) is 0.664. The number of aryl methyl sites for hydroxylation is 1. The van der Waals surface area contributed by atoms with Gasteiger partial charge in [0.2, 0.25) is 0 Å². The summed E-state index contributed by atoms with van der Waals surface area (Å²) < 4.78 is 10.6. The molecule has 0 unspecified atom stereocenters. The van der Waals surface area contributed by atoms with Crippen LogP contribution in [0, 0.1) is 6.92 Å². The minimum Gasteiger partial charge on any atom is -0.497 e. The lowest BCUT2D eigenvalue weighted by molar-refractivity contribution is 0.414. The van der Waals surface area contributed by atoms with Crippen LogP contribution in [0.1, 0.15) is 27.6 Å². The molecule has 0 fully saturated rings. The predicted molar refractivity (Wildman–Crippen MR) is 113 cm³/mol. The Morgan fingerprint density at radius 2 is 1.93 bits per heavy atom. The lowest BCUT2D eigenvalue weighted by Crippen LogP contribution is -2.22. The minimum absolute atomic E-state index is 0.0566. The summed E-state index contributed by atoms with van der Waals surface area (Å²) >= 11 is 1.72. The van der Waals surface area contributed by atoms with E-state index in [2.05, 4.69) is 54.0 Å². The monoisotopic (exact) mass is 391 g/mol. The zero-order valence-corrected chi connectivity index (χ0v) is 16.6. The second-order valence-electron chi connectivity index (χ2n) is 6.69. The van der Waals surface area contributed by atoms with Gasteiger partial charge in [0.05, 0.1) is 13.2 Å². The van der Waals surface area contributed by atoms with Crippen LogP contribution in [0.5, 0.6) is 5.75 Å². The fourth-order valence-electron chi connectivity index (χ4n) is 3.29. The molecule has 28 heavy (non-hydrogen) atoms. The first-order chi connectivity index (χ1) is 13.6. The second kappa shape index (κ2) is 8.00. The molecule has 2 aromatic carbocycles. The number of thiophene rings is 1. The summed E-state index contributed by atoms with van der Waals surface area (Å²) in [4.78, 5) is 13.3. The molecule has 2 aromatic heterocycles. The molecular weight excluding hydrogens is 370 g/mol. The largest absolute Gasteiger partial charge is 0.497 e. The van der Waals surface area contributed by atoms with Gasteiger partial charge in [0.15, 0.2) is 0 Å². The van der Waals surface area contributed by atoms with Crippen molar-refractivity contribution in [1.82, 2.24) is 5.32 Å². The van der Waals surface area contributed by atoms with Crippen molar-refractivity contribution >= 4 is 22.3 Å². The van der Waals surface area contributed by atoms with Gasteiger partial charge >= 0.3 is 5.63 Å². The standard InChI is InChI=1S/C23H21NO3S/c1-15-5-7-16(8-6-15)23(21-4-3-11-28-21)24-14-17-12-22(25)27-20-13-18(26-2)9-10-19(17)20/h3-13,23-24H,14H2,1-2H3/t23-/m0/s1. The molecule has 1 atom stereocenters. The Kier molecular flexibility index (Phi) is 5.28. The summed E-state index contributed by atoms with van der Waals surface area (Å²) in [7, 11) is 1.60. The lowest BCUT2D eigenvalue weighted by Gasteiger charge is -2.19. The fourth-order valence-corrected chi connectivity index (χ4v) is 4.12. The number of hydrogen-bond donors (Lipinski definition) is 1. The van der Waals surface area contributed by atoms with Crippen LogP contribution >= 0.6 is 11.3 Å². The van der Waals surface area contributed by atoms with Crippen LogP contribution in [-0.4, -0.2) is 7.11 Å². The van der Waals surface area contributed by atoms with Crippen molar-refractivity contribution in [1.29, 1.82) is 0 Å². The van der Waals surface area contributed by atoms with Gasteiger partial charge in [-0.3, -0.25) is 0 Å². The molecule has 2 heterocycles. The van der Waals surface area contributed by atoms with Gasteiger partial charge in [0.1, 0.15) is 11.3 Å². The number of fused-ring (bicyclic) bond motifs is 1. The van der Waals surface area contributed by atoms with Crippen LogP contribution in [0.2, 0.25) is 0 Å². The normalized spacial score (nSPS) is 12.2. The van der Waals surface area contributed by atoms with Crippen molar-refractivity contribution in [3.63, 3.8) is 0 Å². The summed E-state index contributed by atoms with van der Waals surface area (Å²) in [6, 6.07) is 19.9. The fraction of sp³-hybridized carbons (Fsp3) is 0.174. The SMILES string of the molecule is COc1ccc2c(CN[C@@H](c3ccc(C)cc3)c3cccs3)cc(=O)oc2c1. The highest BCUT2D eigenvalue weighted by Gasteiger charge is 2.16. The number of methoxy groups -OCH3 is 1. The number of ether oxygens (including phenoxy) is 1. The Hall–Kier alpha value is -2.89. The van der Waals surface area contributed by atoms with E-state index in [0.717, 1.165) is 10.9 Å². The molecule has 0 saturated carbocycles. The van der Waals surface area contributed by atoms with E-state index in [0.29, 0.717) is 17.9 Å². The molecule has 0 aliphatic rings. The zero-order valence-electron chi connectivity index (χ0n) is 15.8. The third-order valence-corrected chi connectivity index (χ3v) is 5.71. The molecule has 0 radical (unpaired) electrons. The molecule has 4 nitrogen and oxygen atoms in total. The van der Waals surface area contributed by atoms with Gasteiger partial charge in [-0.25, -0.2) is 4.79 Å².